The summed E-state index contributed by atoms with van der Waals surface area (Å²) in [4.78, 5) is 10.4. The minimum Gasteiger partial charge on any atom is -0.481 e. The van der Waals surface area contributed by atoms with E-state index in [1.165, 1.54) is 44.9 Å². The second kappa shape index (κ2) is 18.3. The number of carbonyl (C=O) groups is 1. The summed E-state index contributed by atoms with van der Waals surface area (Å²) < 4.78 is 0. The molecule has 0 heterocycles. The highest BCUT2D eigenvalue weighted by Gasteiger charge is 2.01. The average Bonchev–Trinajstić information content (AvgIpc) is 2.55. The van der Waals surface area contributed by atoms with Gasteiger partial charge >= 0.3 is 5.97 Å². The molecule has 24 heavy (non-hydrogen) atoms. The second-order valence-electron chi connectivity index (χ2n) is 6.63. The third-order valence-electron chi connectivity index (χ3n) is 4.26. The van der Waals surface area contributed by atoms with Crippen LogP contribution >= 0.6 is 0 Å². The minimum atomic E-state index is -0.676. The highest BCUT2D eigenvalue weighted by molar-refractivity contribution is 5.66. The smallest absolute Gasteiger partial charge is 0.303 e. The first-order valence-corrected chi connectivity index (χ1v) is 9.82. The molecule has 0 aliphatic carbocycles. The Hall–Kier alpha value is -1.09. The van der Waals surface area contributed by atoms with Crippen LogP contribution in [0.25, 0.3) is 0 Å². The highest BCUT2D eigenvalue weighted by Crippen LogP contribution is 2.13. The first-order valence-electron chi connectivity index (χ1n) is 9.82. The molecule has 1 unspecified atom stereocenters. The van der Waals surface area contributed by atoms with Crippen LogP contribution in [-0.4, -0.2) is 22.3 Å². The van der Waals surface area contributed by atoms with Crippen molar-refractivity contribution >= 4 is 5.97 Å². The monoisotopic (exact) mass is 338 g/mol. The predicted molar refractivity (Wildman–Crippen MR) is 102 cm³/mol. The van der Waals surface area contributed by atoms with Gasteiger partial charge in [-0.15, -0.1) is 0 Å². The van der Waals surface area contributed by atoms with Gasteiger partial charge in [-0.3, -0.25) is 4.79 Å². The molecule has 3 heteroatoms. The Morgan fingerprint density at radius 2 is 1.38 bits per heavy atom. The van der Waals surface area contributed by atoms with E-state index in [1.807, 2.05) is 13.0 Å². The summed E-state index contributed by atoms with van der Waals surface area (Å²) in [5, 5.41) is 18.4. The lowest BCUT2D eigenvalue weighted by Gasteiger charge is -2.07. The molecular weight excluding hydrogens is 300 g/mol. The van der Waals surface area contributed by atoms with Crippen molar-refractivity contribution < 1.29 is 15.0 Å². The molecule has 0 fully saturated rings. The Labute approximate surface area is 148 Å². The molecule has 0 aromatic rings. The maximum absolute atomic E-state index is 10.4. The maximum atomic E-state index is 10.4. The number of rotatable bonds is 17. The largest absolute Gasteiger partial charge is 0.481 e. The predicted octanol–water partition coefficient (Wildman–Crippen LogP) is 6.03. The number of hydrogen-bond donors (Lipinski definition) is 2. The van der Waals surface area contributed by atoms with Crippen molar-refractivity contribution in [3.05, 3.63) is 24.3 Å². The molecule has 0 amide bonds. The van der Waals surface area contributed by atoms with Gasteiger partial charge in [0.05, 0.1) is 6.10 Å². The lowest BCUT2D eigenvalue weighted by Crippen LogP contribution is -2.04. The van der Waals surface area contributed by atoms with E-state index in [0.717, 1.165) is 38.5 Å². The maximum Gasteiger partial charge on any atom is 0.303 e. The zero-order valence-corrected chi connectivity index (χ0v) is 15.6. The molecule has 0 aromatic carbocycles. The van der Waals surface area contributed by atoms with Crippen LogP contribution in [0.4, 0.5) is 0 Å². The Morgan fingerprint density at radius 1 is 0.833 bits per heavy atom. The lowest BCUT2D eigenvalue weighted by molar-refractivity contribution is -0.137. The minimum absolute atomic E-state index is 0.183. The fraction of sp³-hybridized carbons (Fsp3) is 0.762. The Kier molecular flexibility index (Phi) is 17.4. The van der Waals surface area contributed by atoms with Crippen molar-refractivity contribution in [1.82, 2.24) is 0 Å². The number of carboxylic acid groups (broad SMARTS) is 1. The Bertz CT molecular complexity index is 334. The summed E-state index contributed by atoms with van der Waals surface area (Å²) in [6, 6.07) is 0. The average molecular weight is 339 g/mol. The van der Waals surface area contributed by atoms with E-state index < -0.39 is 5.97 Å². The van der Waals surface area contributed by atoms with E-state index in [9.17, 15) is 9.90 Å². The van der Waals surface area contributed by atoms with Gasteiger partial charge in [-0.2, -0.15) is 0 Å². The Morgan fingerprint density at radius 3 is 1.92 bits per heavy atom. The van der Waals surface area contributed by atoms with Crippen LogP contribution in [-0.2, 0) is 4.79 Å². The van der Waals surface area contributed by atoms with Gasteiger partial charge in [0.1, 0.15) is 0 Å². The van der Waals surface area contributed by atoms with Gasteiger partial charge in [0.2, 0.25) is 0 Å². The number of aliphatic carboxylic acids is 1. The van der Waals surface area contributed by atoms with E-state index >= 15 is 0 Å². The van der Waals surface area contributed by atoms with Crippen molar-refractivity contribution in [2.45, 2.75) is 103 Å². The molecule has 140 valence electrons. The number of unbranched alkanes of at least 4 members (excludes halogenated alkanes) is 9. The summed E-state index contributed by atoms with van der Waals surface area (Å²) in [5.41, 5.74) is 0. The van der Waals surface area contributed by atoms with Crippen LogP contribution < -0.4 is 0 Å². The van der Waals surface area contributed by atoms with Crippen LogP contribution in [0.1, 0.15) is 96.8 Å². The molecule has 0 saturated carbocycles. The molecular formula is C21H38O3. The summed E-state index contributed by atoms with van der Waals surface area (Å²) in [5.74, 6) is -0.676. The normalized spacial score (nSPS) is 13.1. The summed E-state index contributed by atoms with van der Waals surface area (Å²) >= 11 is 0. The van der Waals surface area contributed by atoms with Gasteiger partial charge in [-0.05, 0) is 32.6 Å². The van der Waals surface area contributed by atoms with Crippen molar-refractivity contribution in [2.24, 2.45) is 0 Å². The first-order chi connectivity index (χ1) is 11.7. The second-order valence-corrected chi connectivity index (χ2v) is 6.63. The molecule has 0 aliphatic heterocycles. The fourth-order valence-electron chi connectivity index (χ4n) is 2.75. The fourth-order valence-corrected chi connectivity index (χ4v) is 2.75. The highest BCUT2D eigenvalue weighted by atomic mass is 16.4. The quantitative estimate of drug-likeness (QED) is 0.252. The Balaban J connectivity index is 3.21. The van der Waals surface area contributed by atoms with Crippen LogP contribution in [0.2, 0.25) is 0 Å². The molecule has 0 rings (SSSR count). The van der Waals surface area contributed by atoms with Crippen molar-refractivity contribution in [3.63, 3.8) is 0 Å². The molecule has 0 spiro atoms. The van der Waals surface area contributed by atoms with Crippen molar-refractivity contribution in [3.8, 4) is 0 Å². The molecule has 0 aliphatic rings. The third kappa shape index (κ3) is 19.0. The molecule has 0 saturated heterocycles. The molecule has 0 aromatic heterocycles. The molecule has 3 nitrogen and oxygen atoms in total. The van der Waals surface area contributed by atoms with Gasteiger partial charge in [0, 0.05) is 6.42 Å². The van der Waals surface area contributed by atoms with Gasteiger partial charge in [-0.25, -0.2) is 0 Å². The summed E-state index contributed by atoms with van der Waals surface area (Å²) in [6.07, 6.45) is 22.9. The van der Waals surface area contributed by atoms with Crippen LogP contribution in [0.15, 0.2) is 24.3 Å². The lowest BCUT2D eigenvalue weighted by atomic mass is 10.0. The van der Waals surface area contributed by atoms with Crippen LogP contribution in [0, 0.1) is 0 Å². The van der Waals surface area contributed by atoms with Gasteiger partial charge in [0.15, 0.2) is 0 Å². The first kappa shape index (κ1) is 22.9. The van der Waals surface area contributed by atoms with Crippen molar-refractivity contribution in [2.75, 3.05) is 0 Å². The molecule has 0 bridgehead atoms. The van der Waals surface area contributed by atoms with E-state index in [-0.39, 0.29) is 6.10 Å². The van der Waals surface area contributed by atoms with E-state index in [1.54, 1.807) is 0 Å². The van der Waals surface area contributed by atoms with Gasteiger partial charge in [0.25, 0.3) is 0 Å². The van der Waals surface area contributed by atoms with E-state index in [4.69, 9.17) is 5.11 Å². The van der Waals surface area contributed by atoms with Crippen molar-refractivity contribution in [1.29, 1.82) is 0 Å². The van der Waals surface area contributed by atoms with Crippen LogP contribution in [0.3, 0.4) is 0 Å². The van der Waals surface area contributed by atoms with Crippen LogP contribution in [0.5, 0.6) is 0 Å². The molecule has 1 atom stereocenters. The number of aliphatic hydroxyl groups is 1. The zero-order chi connectivity index (χ0) is 17.9. The zero-order valence-electron chi connectivity index (χ0n) is 15.6. The number of carboxylic acids is 1. The number of allylic oxidation sites excluding steroid dienone is 3. The van der Waals surface area contributed by atoms with E-state index in [2.05, 4.69) is 18.2 Å². The standard InChI is InChI=1S/C21H38O3/c1-2-3-4-11-14-17-20(22)18-15-12-9-7-5-6-8-10-13-16-19-21(23)24/h2-3,11,14,20,22H,4-10,12-13,15-19H2,1H3,(H,23,24). The van der Waals surface area contributed by atoms with E-state index in [0.29, 0.717) is 6.42 Å². The number of hydrogen-bond acceptors (Lipinski definition) is 2. The number of aliphatic hydroxyl groups excluding tert-OH is 1. The van der Waals surface area contributed by atoms with Gasteiger partial charge in [-0.1, -0.05) is 82.1 Å². The topological polar surface area (TPSA) is 57.5 Å². The molecule has 2 N–H and O–H groups in total. The molecule has 0 radical (unpaired) electrons. The summed E-state index contributed by atoms with van der Waals surface area (Å²) in [7, 11) is 0. The van der Waals surface area contributed by atoms with Gasteiger partial charge < -0.3 is 10.2 Å². The summed E-state index contributed by atoms with van der Waals surface area (Å²) in [6.45, 7) is 2.02. The third-order valence-corrected chi connectivity index (χ3v) is 4.26. The SMILES string of the molecule is CC=CCC=CCC(O)CCCCCCCCCCCCC(=O)O.